The SMILES string of the molecule is O=C(O)CCc1cn(Cc2ccc(Cl)cc2)c2ccccc12. The third kappa shape index (κ3) is 3.15. The Morgan fingerprint density at radius 3 is 2.55 bits per heavy atom. The van der Waals surface area contributed by atoms with Crippen LogP contribution in [0.15, 0.2) is 54.7 Å². The van der Waals surface area contributed by atoms with Crippen LogP contribution >= 0.6 is 11.6 Å². The number of aromatic nitrogens is 1. The molecule has 1 aromatic heterocycles. The van der Waals surface area contributed by atoms with E-state index < -0.39 is 5.97 Å². The van der Waals surface area contributed by atoms with Crippen LogP contribution in [0.3, 0.4) is 0 Å². The predicted octanol–water partition coefficient (Wildman–Crippen LogP) is 4.36. The van der Waals surface area contributed by atoms with Crippen LogP contribution in [0.4, 0.5) is 0 Å². The molecule has 0 bridgehead atoms. The number of carboxylic acid groups (broad SMARTS) is 1. The Hall–Kier alpha value is -2.26. The van der Waals surface area contributed by atoms with Crippen LogP contribution in [-0.2, 0) is 17.8 Å². The first-order valence-electron chi connectivity index (χ1n) is 7.16. The lowest BCUT2D eigenvalue weighted by Gasteiger charge is -2.05. The molecule has 3 aromatic rings. The number of para-hydroxylation sites is 1. The molecule has 0 amide bonds. The molecule has 0 saturated heterocycles. The number of nitrogens with zero attached hydrogens (tertiary/aromatic N) is 1. The number of carbonyl (C=O) groups is 1. The first-order chi connectivity index (χ1) is 10.6. The average molecular weight is 314 g/mol. The van der Waals surface area contributed by atoms with E-state index in [-0.39, 0.29) is 6.42 Å². The Kier molecular flexibility index (Phi) is 4.16. The number of aryl methyl sites for hydroxylation is 1. The minimum absolute atomic E-state index is 0.148. The fourth-order valence-electron chi connectivity index (χ4n) is 2.68. The highest BCUT2D eigenvalue weighted by molar-refractivity contribution is 6.30. The maximum absolute atomic E-state index is 10.8. The first kappa shape index (κ1) is 14.7. The van der Waals surface area contributed by atoms with Gasteiger partial charge in [0.05, 0.1) is 0 Å². The molecule has 0 unspecified atom stereocenters. The molecule has 0 aliphatic heterocycles. The van der Waals surface area contributed by atoms with Gasteiger partial charge in [0.1, 0.15) is 0 Å². The molecule has 3 nitrogen and oxygen atoms in total. The number of benzene rings is 2. The molecule has 0 saturated carbocycles. The summed E-state index contributed by atoms with van der Waals surface area (Å²) in [5.74, 6) is -0.769. The van der Waals surface area contributed by atoms with E-state index in [2.05, 4.69) is 16.8 Å². The van der Waals surface area contributed by atoms with Crippen LogP contribution < -0.4 is 0 Å². The van der Waals surface area contributed by atoms with Gasteiger partial charge in [-0.25, -0.2) is 0 Å². The maximum Gasteiger partial charge on any atom is 0.303 e. The van der Waals surface area contributed by atoms with E-state index in [0.717, 1.165) is 33.6 Å². The van der Waals surface area contributed by atoms with Crippen molar-refractivity contribution in [1.29, 1.82) is 0 Å². The maximum atomic E-state index is 10.8. The normalized spacial score (nSPS) is 11.0. The van der Waals surface area contributed by atoms with E-state index >= 15 is 0 Å². The zero-order valence-corrected chi connectivity index (χ0v) is 12.8. The van der Waals surface area contributed by atoms with Gasteiger partial charge in [-0.05, 0) is 35.7 Å². The third-order valence-corrected chi connectivity index (χ3v) is 4.00. The number of carboxylic acids is 1. The standard InChI is InChI=1S/C18H16ClNO2/c19-15-8-5-13(6-9-15)11-20-12-14(7-10-18(21)22)16-3-1-2-4-17(16)20/h1-6,8-9,12H,7,10-11H2,(H,21,22). The van der Waals surface area contributed by atoms with Gasteiger partial charge in [-0.2, -0.15) is 0 Å². The summed E-state index contributed by atoms with van der Waals surface area (Å²) < 4.78 is 2.16. The molecule has 0 aliphatic carbocycles. The molecule has 2 aromatic carbocycles. The zero-order chi connectivity index (χ0) is 15.5. The lowest BCUT2D eigenvalue weighted by Crippen LogP contribution is -1.98. The van der Waals surface area contributed by atoms with Gasteiger partial charge in [-0.1, -0.05) is 41.9 Å². The largest absolute Gasteiger partial charge is 0.481 e. The van der Waals surface area contributed by atoms with Gasteiger partial charge in [0, 0.05) is 35.1 Å². The summed E-state index contributed by atoms with van der Waals surface area (Å²) in [6.07, 6.45) is 2.75. The van der Waals surface area contributed by atoms with E-state index in [0.29, 0.717) is 6.42 Å². The van der Waals surface area contributed by atoms with Crippen molar-refractivity contribution >= 4 is 28.5 Å². The van der Waals surface area contributed by atoms with Crippen molar-refractivity contribution in [2.24, 2.45) is 0 Å². The second-order valence-electron chi connectivity index (χ2n) is 5.32. The highest BCUT2D eigenvalue weighted by Gasteiger charge is 2.09. The summed E-state index contributed by atoms with van der Waals surface area (Å²) >= 11 is 5.92. The lowest BCUT2D eigenvalue weighted by atomic mass is 10.1. The van der Waals surface area contributed by atoms with Crippen molar-refractivity contribution in [1.82, 2.24) is 4.57 Å². The third-order valence-electron chi connectivity index (χ3n) is 3.75. The van der Waals surface area contributed by atoms with Crippen LogP contribution in [0.2, 0.25) is 5.02 Å². The molecule has 22 heavy (non-hydrogen) atoms. The van der Waals surface area contributed by atoms with E-state index in [9.17, 15) is 4.79 Å². The van der Waals surface area contributed by atoms with E-state index in [1.165, 1.54) is 0 Å². The summed E-state index contributed by atoms with van der Waals surface area (Å²) in [5.41, 5.74) is 3.36. The van der Waals surface area contributed by atoms with Crippen LogP contribution in [-0.4, -0.2) is 15.6 Å². The molecule has 1 heterocycles. The summed E-state index contributed by atoms with van der Waals surface area (Å²) in [7, 11) is 0. The fourth-order valence-corrected chi connectivity index (χ4v) is 2.81. The Morgan fingerprint density at radius 1 is 1.09 bits per heavy atom. The number of aliphatic carboxylic acids is 1. The van der Waals surface area contributed by atoms with Crippen molar-refractivity contribution in [3.8, 4) is 0 Å². The minimum Gasteiger partial charge on any atom is -0.481 e. The molecule has 3 rings (SSSR count). The Bertz CT molecular complexity index is 806. The second kappa shape index (κ2) is 6.24. The van der Waals surface area contributed by atoms with Gasteiger partial charge in [0.15, 0.2) is 0 Å². The summed E-state index contributed by atoms with van der Waals surface area (Å²) in [6, 6.07) is 15.9. The number of halogens is 1. The topological polar surface area (TPSA) is 42.2 Å². The average Bonchev–Trinajstić information content (AvgIpc) is 2.86. The predicted molar refractivity (Wildman–Crippen MR) is 88.4 cm³/mol. The molecule has 0 aliphatic rings. The fraction of sp³-hybridized carbons (Fsp3) is 0.167. The van der Waals surface area contributed by atoms with Crippen LogP contribution in [0, 0.1) is 0 Å². The zero-order valence-electron chi connectivity index (χ0n) is 12.0. The van der Waals surface area contributed by atoms with Gasteiger partial charge >= 0.3 is 5.97 Å². The molecular weight excluding hydrogens is 298 g/mol. The van der Waals surface area contributed by atoms with Gasteiger partial charge in [0.2, 0.25) is 0 Å². The monoisotopic (exact) mass is 313 g/mol. The number of hydrogen-bond acceptors (Lipinski definition) is 1. The lowest BCUT2D eigenvalue weighted by molar-refractivity contribution is -0.136. The van der Waals surface area contributed by atoms with E-state index in [4.69, 9.17) is 16.7 Å². The van der Waals surface area contributed by atoms with Crippen molar-refractivity contribution in [2.75, 3.05) is 0 Å². The summed E-state index contributed by atoms with van der Waals surface area (Å²) in [5, 5.41) is 10.7. The number of hydrogen-bond donors (Lipinski definition) is 1. The molecule has 0 radical (unpaired) electrons. The molecule has 0 spiro atoms. The first-order valence-corrected chi connectivity index (χ1v) is 7.54. The van der Waals surface area contributed by atoms with Crippen molar-refractivity contribution in [3.05, 3.63) is 70.9 Å². The molecule has 0 fully saturated rings. The van der Waals surface area contributed by atoms with E-state index in [1.54, 1.807) is 0 Å². The van der Waals surface area contributed by atoms with Gasteiger partial charge in [-0.3, -0.25) is 4.79 Å². The van der Waals surface area contributed by atoms with Gasteiger partial charge in [0.25, 0.3) is 0 Å². The molecule has 0 atom stereocenters. The highest BCUT2D eigenvalue weighted by Crippen LogP contribution is 2.24. The number of rotatable bonds is 5. The smallest absolute Gasteiger partial charge is 0.303 e. The van der Waals surface area contributed by atoms with Crippen LogP contribution in [0.1, 0.15) is 17.5 Å². The van der Waals surface area contributed by atoms with Crippen molar-refractivity contribution in [3.63, 3.8) is 0 Å². The van der Waals surface area contributed by atoms with Gasteiger partial charge < -0.3 is 9.67 Å². The molecular formula is C18H16ClNO2. The second-order valence-corrected chi connectivity index (χ2v) is 5.76. The Labute approximate surface area is 133 Å². The van der Waals surface area contributed by atoms with Crippen LogP contribution in [0.5, 0.6) is 0 Å². The minimum atomic E-state index is -0.769. The Morgan fingerprint density at radius 2 is 1.82 bits per heavy atom. The van der Waals surface area contributed by atoms with Gasteiger partial charge in [-0.15, -0.1) is 0 Å². The van der Waals surface area contributed by atoms with E-state index in [1.807, 2.05) is 42.5 Å². The molecule has 4 heteroatoms. The molecule has 1 N–H and O–H groups in total. The Balaban J connectivity index is 1.95. The number of fused-ring (bicyclic) bond motifs is 1. The molecule has 112 valence electrons. The highest BCUT2D eigenvalue weighted by atomic mass is 35.5. The summed E-state index contributed by atoms with van der Waals surface area (Å²) in [6.45, 7) is 0.741. The quantitative estimate of drug-likeness (QED) is 0.760. The summed E-state index contributed by atoms with van der Waals surface area (Å²) in [4.78, 5) is 10.8. The van der Waals surface area contributed by atoms with Crippen molar-refractivity contribution < 1.29 is 9.90 Å². The van der Waals surface area contributed by atoms with Crippen molar-refractivity contribution in [2.45, 2.75) is 19.4 Å². The van der Waals surface area contributed by atoms with Crippen LogP contribution in [0.25, 0.3) is 10.9 Å².